The molecule has 0 atom stereocenters. The van der Waals surface area contributed by atoms with E-state index in [1.807, 2.05) is 13.8 Å². The maximum atomic E-state index is 12.5. The molecule has 7 nitrogen and oxygen atoms in total. The molecule has 28 heavy (non-hydrogen) atoms. The van der Waals surface area contributed by atoms with Crippen LogP contribution in [-0.4, -0.2) is 33.8 Å². The molecule has 152 valence electrons. The van der Waals surface area contributed by atoms with Crippen LogP contribution in [-0.2, 0) is 21.2 Å². The molecule has 0 unspecified atom stereocenters. The molecule has 0 aromatic heterocycles. The molecule has 9 heteroatoms. The molecule has 1 amide bonds. The molecule has 0 saturated carbocycles. The Kier molecular flexibility index (Phi) is 7.70. The summed E-state index contributed by atoms with van der Waals surface area (Å²) in [4.78, 5) is 12.5. The van der Waals surface area contributed by atoms with Crippen molar-refractivity contribution in [1.29, 1.82) is 0 Å². The summed E-state index contributed by atoms with van der Waals surface area (Å²) in [6, 6.07) is 10.1. The summed E-state index contributed by atoms with van der Waals surface area (Å²) >= 11 is 3.47. The first kappa shape index (κ1) is 22.0. The molecule has 2 N–H and O–H groups in total. The van der Waals surface area contributed by atoms with E-state index in [1.54, 1.807) is 36.4 Å². The second-order valence-corrected chi connectivity index (χ2v) is 8.54. The fraction of sp³-hybridized carbons (Fsp3) is 0.316. The van der Waals surface area contributed by atoms with Gasteiger partial charge in [-0.2, -0.15) is 0 Å². The quantitative estimate of drug-likeness (QED) is 0.581. The van der Waals surface area contributed by atoms with Crippen LogP contribution in [0.2, 0.25) is 0 Å². The first-order valence-corrected chi connectivity index (χ1v) is 11.4. The van der Waals surface area contributed by atoms with Gasteiger partial charge in [0.2, 0.25) is 15.9 Å². The fourth-order valence-electron chi connectivity index (χ4n) is 2.50. The van der Waals surface area contributed by atoms with E-state index >= 15 is 0 Å². The van der Waals surface area contributed by atoms with Gasteiger partial charge in [-0.1, -0.05) is 22.0 Å². The molecule has 0 bridgehead atoms. The van der Waals surface area contributed by atoms with E-state index < -0.39 is 10.0 Å². The van der Waals surface area contributed by atoms with Crippen molar-refractivity contribution in [3.63, 3.8) is 0 Å². The maximum absolute atomic E-state index is 12.5. The van der Waals surface area contributed by atoms with Crippen molar-refractivity contribution in [3.8, 4) is 11.5 Å². The normalized spacial score (nSPS) is 11.0. The van der Waals surface area contributed by atoms with E-state index in [0.717, 1.165) is 16.3 Å². The number of hydrogen-bond acceptors (Lipinski definition) is 5. The Morgan fingerprint density at radius 3 is 2.25 bits per heavy atom. The number of sulfonamides is 1. The zero-order valence-corrected chi connectivity index (χ0v) is 18.3. The molecule has 0 spiro atoms. The number of carbonyl (C=O) groups excluding carboxylic acids is 1. The van der Waals surface area contributed by atoms with Crippen LogP contribution >= 0.6 is 15.9 Å². The first-order valence-electron chi connectivity index (χ1n) is 8.67. The average molecular weight is 471 g/mol. The highest BCUT2D eigenvalue weighted by Crippen LogP contribution is 2.34. The van der Waals surface area contributed by atoms with Crippen molar-refractivity contribution in [2.24, 2.45) is 0 Å². The number of ether oxygens (including phenoxy) is 2. The van der Waals surface area contributed by atoms with E-state index in [-0.39, 0.29) is 12.3 Å². The summed E-state index contributed by atoms with van der Waals surface area (Å²) in [5.74, 6) is 0.943. The average Bonchev–Trinajstić information content (AvgIpc) is 2.58. The van der Waals surface area contributed by atoms with Gasteiger partial charge in [-0.3, -0.25) is 9.52 Å². The predicted octanol–water partition coefficient (Wildman–Crippen LogP) is 3.80. The lowest BCUT2D eigenvalue weighted by Gasteiger charge is -2.14. The smallest absolute Gasteiger partial charge is 0.229 e. The molecule has 0 heterocycles. The van der Waals surface area contributed by atoms with E-state index in [9.17, 15) is 13.2 Å². The van der Waals surface area contributed by atoms with Gasteiger partial charge in [0.15, 0.2) is 11.5 Å². The highest BCUT2D eigenvalue weighted by atomic mass is 79.9. The molecule has 2 aromatic rings. The fourth-order valence-corrected chi connectivity index (χ4v) is 3.52. The summed E-state index contributed by atoms with van der Waals surface area (Å²) in [6.45, 7) is 4.75. The van der Waals surface area contributed by atoms with Crippen LogP contribution in [0.5, 0.6) is 11.5 Å². The summed E-state index contributed by atoms with van der Waals surface area (Å²) in [7, 11) is -3.39. The topological polar surface area (TPSA) is 93.7 Å². The number of nitrogens with one attached hydrogen (secondary N) is 2. The number of halogens is 1. The van der Waals surface area contributed by atoms with Crippen molar-refractivity contribution < 1.29 is 22.7 Å². The molecule has 0 aliphatic carbocycles. The van der Waals surface area contributed by atoms with Crippen LogP contribution in [0.25, 0.3) is 0 Å². The zero-order valence-electron chi connectivity index (χ0n) is 15.9. The van der Waals surface area contributed by atoms with Gasteiger partial charge in [0.25, 0.3) is 0 Å². The number of rotatable bonds is 9. The third-order valence-corrected chi connectivity index (χ3v) is 4.86. The monoisotopic (exact) mass is 470 g/mol. The summed E-state index contributed by atoms with van der Waals surface area (Å²) < 4.78 is 37.0. The van der Waals surface area contributed by atoms with Crippen molar-refractivity contribution in [1.82, 2.24) is 0 Å². The second kappa shape index (κ2) is 9.79. The van der Waals surface area contributed by atoms with Gasteiger partial charge < -0.3 is 14.8 Å². The number of hydrogen-bond donors (Lipinski definition) is 2. The summed E-state index contributed by atoms with van der Waals surface area (Å²) in [5.41, 5.74) is 1.61. The number of benzene rings is 2. The molecule has 0 aliphatic heterocycles. The Hall–Kier alpha value is -2.26. The van der Waals surface area contributed by atoms with E-state index in [0.29, 0.717) is 36.1 Å². The lowest BCUT2D eigenvalue weighted by Crippen LogP contribution is -2.15. The third kappa shape index (κ3) is 6.72. The zero-order chi connectivity index (χ0) is 20.7. The lowest BCUT2D eigenvalue weighted by atomic mass is 10.1. The van der Waals surface area contributed by atoms with Gasteiger partial charge in [-0.25, -0.2) is 8.42 Å². The SMILES string of the molecule is CCOc1cc(Br)c(CC(=O)Nc2cccc(NS(C)(=O)=O)c2)cc1OCC. The van der Waals surface area contributed by atoms with Gasteiger partial charge in [-0.15, -0.1) is 0 Å². The minimum atomic E-state index is -3.39. The highest BCUT2D eigenvalue weighted by molar-refractivity contribution is 9.10. The predicted molar refractivity (Wildman–Crippen MR) is 114 cm³/mol. The molecule has 0 radical (unpaired) electrons. The first-order chi connectivity index (χ1) is 13.2. The lowest BCUT2D eigenvalue weighted by molar-refractivity contribution is -0.115. The molecule has 0 saturated heterocycles. The molecular formula is C19H23BrN2O5S. The maximum Gasteiger partial charge on any atom is 0.229 e. The van der Waals surface area contributed by atoms with Gasteiger partial charge in [0.1, 0.15) is 0 Å². The molecular weight excluding hydrogens is 448 g/mol. The minimum Gasteiger partial charge on any atom is -0.490 e. The van der Waals surface area contributed by atoms with Crippen molar-refractivity contribution >= 4 is 43.2 Å². The number of carbonyl (C=O) groups is 1. The molecule has 2 rings (SSSR count). The summed E-state index contributed by atoms with van der Waals surface area (Å²) in [5, 5.41) is 2.77. The third-order valence-electron chi connectivity index (χ3n) is 3.51. The van der Waals surface area contributed by atoms with Gasteiger partial charge >= 0.3 is 0 Å². The van der Waals surface area contributed by atoms with Crippen LogP contribution in [0.1, 0.15) is 19.4 Å². The molecule has 2 aromatic carbocycles. The van der Waals surface area contributed by atoms with E-state index in [1.165, 1.54) is 0 Å². The Bertz CT molecular complexity index is 947. The Morgan fingerprint density at radius 1 is 1.04 bits per heavy atom. The van der Waals surface area contributed by atoms with Crippen LogP contribution < -0.4 is 19.5 Å². The standard InChI is InChI=1S/C19H23BrN2O5S/c1-4-26-17-9-13(16(20)12-18(17)27-5-2)10-19(23)21-14-7-6-8-15(11-14)22-28(3,24)25/h6-9,11-12,22H,4-5,10H2,1-3H3,(H,21,23). The Balaban J connectivity index is 2.14. The van der Waals surface area contributed by atoms with Crippen molar-refractivity contribution in [2.45, 2.75) is 20.3 Å². The highest BCUT2D eigenvalue weighted by Gasteiger charge is 2.14. The van der Waals surface area contributed by atoms with E-state index in [2.05, 4.69) is 26.0 Å². The van der Waals surface area contributed by atoms with Crippen molar-refractivity contribution in [2.75, 3.05) is 29.5 Å². The number of anilines is 2. The second-order valence-electron chi connectivity index (χ2n) is 5.94. The van der Waals surface area contributed by atoms with Crippen LogP contribution in [0, 0.1) is 0 Å². The largest absolute Gasteiger partial charge is 0.490 e. The van der Waals surface area contributed by atoms with E-state index in [4.69, 9.17) is 9.47 Å². The molecule has 0 fully saturated rings. The summed E-state index contributed by atoms with van der Waals surface area (Å²) in [6.07, 6.45) is 1.18. The van der Waals surface area contributed by atoms with Gasteiger partial charge in [-0.05, 0) is 49.7 Å². The number of amides is 1. The van der Waals surface area contributed by atoms with Crippen LogP contribution in [0.3, 0.4) is 0 Å². The van der Waals surface area contributed by atoms with Gasteiger partial charge in [0, 0.05) is 10.2 Å². The Labute approximate surface area is 173 Å². The Morgan fingerprint density at radius 2 is 1.64 bits per heavy atom. The van der Waals surface area contributed by atoms with Crippen LogP contribution in [0.15, 0.2) is 40.9 Å². The minimum absolute atomic E-state index is 0.108. The van der Waals surface area contributed by atoms with Crippen LogP contribution in [0.4, 0.5) is 11.4 Å². The van der Waals surface area contributed by atoms with Crippen molar-refractivity contribution in [3.05, 3.63) is 46.4 Å². The molecule has 0 aliphatic rings. The van der Waals surface area contributed by atoms with Gasteiger partial charge in [0.05, 0.1) is 31.6 Å².